The molecule has 0 bridgehead atoms. The van der Waals surface area contributed by atoms with Gasteiger partial charge in [-0.15, -0.1) is 0 Å². The number of hydrogen-bond donors (Lipinski definition) is 2. The minimum absolute atomic E-state index is 0.0665. The van der Waals surface area contributed by atoms with Crippen molar-refractivity contribution >= 4 is 17.5 Å². The number of benzene rings is 2. The Bertz CT molecular complexity index is 799. The van der Waals surface area contributed by atoms with Crippen LogP contribution in [0.2, 0.25) is 0 Å². The highest BCUT2D eigenvalue weighted by Gasteiger charge is 2.34. The number of anilines is 1. The van der Waals surface area contributed by atoms with Gasteiger partial charge in [0.2, 0.25) is 11.8 Å². The Balaban J connectivity index is 1.65. The lowest BCUT2D eigenvalue weighted by Crippen LogP contribution is -2.40. The van der Waals surface area contributed by atoms with E-state index in [0.29, 0.717) is 19.4 Å². The van der Waals surface area contributed by atoms with Crippen LogP contribution >= 0.6 is 0 Å². The summed E-state index contributed by atoms with van der Waals surface area (Å²) < 4.78 is 0. The molecule has 3 rings (SSSR count). The largest absolute Gasteiger partial charge is 0.352 e. The first-order valence-corrected chi connectivity index (χ1v) is 8.98. The van der Waals surface area contributed by atoms with Gasteiger partial charge in [-0.1, -0.05) is 60.7 Å². The summed E-state index contributed by atoms with van der Waals surface area (Å²) in [6.45, 7) is 2.44. The summed E-state index contributed by atoms with van der Waals surface area (Å²) in [6, 6.07) is 17.5. The maximum Gasteiger partial charge on any atom is 0.228 e. The van der Waals surface area contributed by atoms with E-state index >= 15 is 0 Å². The van der Waals surface area contributed by atoms with Gasteiger partial charge >= 0.3 is 0 Å². The van der Waals surface area contributed by atoms with Crippen molar-refractivity contribution in [3.05, 3.63) is 77.9 Å². The van der Waals surface area contributed by atoms with Crippen LogP contribution in [0, 0.1) is 18.8 Å². The SMILES string of the molecule is Cc1ccccc1NC(=O)[C@@H]1CC=CC[C@H]1C(=O)NCc1ccccc1. The summed E-state index contributed by atoms with van der Waals surface area (Å²) >= 11 is 0. The number of amides is 2. The molecular formula is C22H24N2O2. The molecule has 26 heavy (non-hydrogen) atoms. The van der Waals surface area contributed by atoms with Crippen LogP contribution in [0.25, 0.3) is 0 Å². The van der Waals surface area contributed by atoms with Gasteiger partial charge in [0.15, 0.2) is 0 Å². The highest BCUT2D eigenvalue weighted by Crippen LogP contribution is 2.28. The van der Waals surface area contributed by atoms with E-state index in [1.165, 1.54) is 0 Å². The fraction of sp³-hybridized carbons (Fsp3) is 0.273. The van der Waals surface area contributed by atoms with Crippen LogP contribution in [0.5, 0.6) is 0 Å². The van der Waals surface area contributed by atoms with Gasteiger partial charge in [-0.25, -0.2) is 0 Å². The van der Waals surface area contributed by atoms with Crippen molar-refractivity contribution in [3.63, 3.8) is 0 Å². The smallest absolute Gasteiger partial charge is 0.228 e. The van der Waals surface area contributed by atoms with Crippen molar-refractivity contribution < 1.29 is 9.59 Å². The molecule has 4 heteroatoms. The predicted molar refractivity (Wildman–Crippen MR) is 103 cm³/mol. The van der Waals surface area contributed by atoms with Crippen LogP contribution in [0.15, 0.2) is 66.7 Å². The second kappa shape index (κ2) is 8.48. The predicted octanol–water partition coefficient (Wildman–Crippen LogP) is 3.83. The molecule has 0 radical (unpaired) electrons. The number of carbonyl (C=O) groups excluding carboxylic acids is 2. The molecule has 134 valence electrons. The first-order chi connectivity index (χ1) is 12.6. The summed E-state index contributed by atoms with van der Waals surface area (Å²) in [6.07, 6.45) is 5.15. The van der Waals surface area contributed by atoms with Crippen molar-refractivity contribution in [2.75, 3.05) is 5.32 Å². The zero-order valence-corrected chi connectivity index (χ0v) is 14.9. The van der Waals surface area contributed by atoms with Gasteiger partial charge in [-0.3, -0.25) is 9.59 Å². The van der Waals surface area contributed by atoms with Crippen molar-refractivity contribution in [2.24, 2.45) is 11.8 Å². The molecule has 0 aromatic heterocycles. The van der Waals surface area contributed by atoms with E-state index in [4.69, 9.17) is 0 Å². The lowest BCUT2D eigenvalue weighted by atomic mass is 9.81. The third-order valence-electron chi connectivity index (χ3n) is 4.82. The molecule has 0 saturated carbocycles. The second-order valence-electron chi connectivity index (χ2n) is 6.66. The first-order valence-electron chi connectivity index (χ1n) is 8.98. The number of rotatable bonds is 5. The first kappa shape index (κ1) is 17.9. The molecule has 0 spiro atoms. The van der Waals surface area contributed by atoms with Crippen molar-refractivity contribution in [2.45, 2.75) is 26.3 Å². The Morgan fingerprint density at radius 2 is 1.50 bits per heavy atom. The van der Waals surface area contributed by atoms with Gasteiger partial charge in [0.05, 0.1) is 11.8 Å². The van der Waals surface area contributed by atoms with E-state index in [9.17, 15) is 9.59 Å². The molecule has 2 atom stereocenters. The van der Waals surface area contributed by atoms with Gasteiger partial charge < -0.3 is 10.6 Å². The highest BCUT2D eigenvalue weighted by molar-refractivity contribution is 5.96. The topological polar surface area (TPSA) is 58.2 Å². The second-order valence-corrected chi connectivity index (χ2v) is 6.66. The average Bonchev–Trinajstić information content (AvgIpc) is 2.68. The normalized spacial score (nSPS) is 19.0. The van der Waals surface area contributed by atoms with Crippen LogP contribution in [-0.2, 0) is 16.1 Å². The van der Waals surface area contributed by atoms with E-state index in [2.05, 4.69) is 10.6 Å². The van der Waals surface area contributed by atoms with Crippen molar-refractivity contribution in [1.29, 1.82) is 0 Å². The number of carbonyl (C=O) groups is 2. The molecule has 2 amide bonds. The third kappa shape index (κ3) is 4.39. The zero-order chi connectivity index (χ0) is 18.4. The van der Waals surface area contributed by atoms with Crippen LogP contribution in [0.3, 0.4) is 0 Å². The minimum Gasteiger partial charge on any atom is -0.352 e. The molecule has 2 aromatic carbocycles. The van der Waals surface area contributed by atoms with E-state index in [1.54, 1.807) is 0 Å². The van der Waals surface area contributed by atoms with Gasteiger partial charge in [0, 0.05) is 12.2 Å². The Morgan fingerprint density at radius 1 is 0.885 bits per heavy atom. The van der Waals surface area contributed by atoms with Gasteiger partial charge in [0.1, 0.15) is 0 Å². The van der Waals surface area contributed by atoms with Crippen LogP contribution in [0.4, 0.5) is 5.69 Å². The zero-order valence-electron chi connectivity index (χ0n) is 14.9. The van der Waals surface area contributed by atoms with E-state index in [0.717, 1.165) is 16.8 Å². The average molecular weight is 348 g/mol. The number of allylic oxidation sites excluding steroid dienone is 2. The van der Waals surface area contributed by atoms with Crippen molar-refractivity contribution in [3.8, 4) is 0 Å². The number of hydrogen-bond acceptors (Lipinski definition) is 2. The molecule has 2 aromatic rings. The van der Waals surface area contributed by atoms with Crippen molar-refractivity contribution in [1.82, 2.24) is 5.32 Å². The number of para-hydroxylation sites is 1. The fourth-order valence-electron chi connectivity index (χ4n) is 3.25. The standard InChI is InChI=1S/C22H24N2O2/c1-16-9-5-8-14-20(16)24-22(26)19-13-7-6-12-18(19)21(25)23-15-17-10-3-2-4-11-17/h2-11,14,18-19H,12-13,15H2,1H3,(H,23,25)(H,24,26)/t18-,19-/m1/s1. The maximum atomic E-state index is 12.8. The van der Waals surface area contributed by atoms with E-state index in [-0.39, 0.29) is 23.7 Å². The Labute approximate surface area is 154 Å². The van der Waals surface area contributed by atoms with Gasteiger partial charge in [0.25, 0.3) is 0 Å². The molecule has 1 aliphatic rings. The number of nitrogens with one attached hydrogen (secondary N) is 2. The van der Waals surface area contributed by atoms with E-state index < -0.39 is 0 Å². The molecule has 4 nitrogen and oxygen atoms in total. The molecule has 0 heterocycles. The maximum absolute atomic E-state index is 12.8. The fourth-order valence-corrected chi connectivity index (χ4v) is 3.25. The van der Waals surface area contributed by atoms with Crippen LogP contribution in [0.1, 0.15) is 24.0 Å². The monoisotopic (exact) mass is 348 g/mol. The summed E-state index contributed by atoms with van der Waals surface area (Å²) in [7, 11) is 0. The van der Waals surface area contributed by atoms with Gasteiger partial charge in [-0.2, -0.15) is 0 Å². The molecule has 0 aliphatic heterocycles. The molecular weight excluding hydrogens is 324 g/mol. The molecule has 0 saturated heterocycles. The van der Waals surface area contributed by atoms with Gasteiger partial charge in [-0.05, 0) is 37.0 Å². The number of aryl methyl sites for hydroxylation is 1. The summed E-state index contributed by atoms with van der Waals surface area (Å²) in [5.41, 5.74) is 2.86. The Hall–Kier alpha value is -2.88. The molecule has 1 aliphatic carbocycles. The van der Waals surface area contributed by atoms with Crippen LogP contribution in [-0.4, -0.2) is 11.8 Å². The Morgan fingerprint density at radius 3 is 2.19 bits per heavy atom. The van der Waals surface area contributed by atoms with E-state index in [1.807, 2.05) is 73.7 Å². The molecule has 2 N–H and O–H groups in total. The highest BCUT2D eigenvalue weighted by atomic mass is 16.2. The molecule has 0 fully saturated rings. The quantitative estimate of drug-likeness (QED) is 0.807. The minimum atomic E-state index is -0.352. The van der Waals surface area contributed by atoms with Crippen LogP contribution < -0.4 is 10.6 Å². The summed E-state index contributed by atoms with van der Waals surface area (Å²) in [4.78, 5) is 25.5. The third-order valence-corrected chi connectivity index (χ3v) is 4.82. The lowest BCUT2D eigenvalue weighted by molar-refractivity contribution is -0.132. The lowest BCUT2D eigenvalue weighted by Gasteiger charge is -2.27. The summed E-state index contributed by atoms with van der Waals surface area (Å²) in [5, 5.41) is 5.96. The summed E-state index contributed by atoms with van der Waals surface area (Å²) in [5.74, 6) is -0.852. The molecule has 0 unspecified atom stereocenters. The Kier molecular flexibility index (Phi) is 5.84.